The molecule has 0 aromatic carbocycles. The van der Waals surface area contributed by atoms with Crippen molar-refractivity contribution in [2.24, 2.45) is 5.92 Å². The summed E-state index contributed by atoms with van der Waals surface area (Å²) >= 11 is 0. The molecule has 0 saturated carbocycles. The molecule has 1 saturated heterocycles. The van der Waals surface area contributed by atoms with E-state index in [0.29, 0.717) is 5.92 Å². The number of rotatable bonds is 3. The molecular weight excluding hydrogens is 130 g/mol. The van der Waals surface area contributed by atoms with E-state index in [1.807, 2.05) is 6.92 Å². The van der Waals surface area contributed by atoms with Crippen molar-refractivity contribution in [2.75, 3.05) is 13.2 Å². The van der Waals surface area contributed by atoms with Gasteiger partial charge in [-0.05, 0) is 13.3 Å². The van der Waals surface area contributed by atoms with Gasteiger partial charge in [0.15, 0.2) is 0 Å². The highest BCUT2D eigenvalue weighted by Gasteiger charge is 2.21. The second kappa shape index (κ2) is 3.56. The normalized spacial score (nSPS) is 27.9. The molecule has 0 bridgehead atoms. The molecule has 2 atom stereocenters. The van der Waals surface area contributed by atoms with Crippen molar-refractivity contribution < 1.29 is 9.53 Å². The molecule has 1 N–H and O–H groups in total. The van der Waals surface area contributed by atoms with E-state index in [4.69, 9.17) is 4.74 Å². The van der Waals surface area contributed by atoms with E-state index in [9.17, 15) is 4.79 Å². The maximum absolute atomic E-state index is 10.0. The van der Waals surface area contributed by atoms with Crippen LogP contribution in [0.15, 0.2) is 0 Å². The largest absolute Gasteiger partial charge is 0.381 e. The van der Waals surface area contributed by atoms with Crippen LogP contribution >= 0.6 is 0 Å². The summed E-state index contributed by atoms with van der Waals surface area (Å²) in [5, 5.41) is 2.73. The standard InChI is InChI=1S/C7H13NO2/c1-6(8-5-9)7-2-3-10-4-7/h5-7H,2-4H2,1H3,(H,8,9). The summed E-state index contributed by atoms with van der Waals surface area (Å²) in [6.07, 6.45) is 1.82. The molecule has 10 heavy (non-hydrogen) atoms. The molecular formula is C7H13NO2. The van der Waals surface area contributed by atoms with Crippen molar-refractivity contribution in [3.8, 4) is 0 Å². The molecule has 1 fully saturated rings. The second-order valence-electron chi connectivity index (χ2n) is 2.70. The third kappa shape index (κ3) is 1.70. The zero-order chi connectivity index (χ0) is 7.40. The van der Waals surface area contributed by atoms with Crippen molar-refractivity contribution in [3.05, 3.63) is 0 Å². The number of ether oxygens (including phenoxy) is 1. The predicted molar refractivity (Wildman–Crippen MR) is 37.6 cm³/mol. The van der Waals surface area contributed by atoms with Crippen molar-refractivity contribution in [3.63, 3.8) is 0 Å². The van der Waals surface area contributed by atoms with Gasteiger partial charge in [0, 0.05) is 18.6 Å². The average Bonchev–Trinajstić information content (AvgIpc) is 2.38. The first-order valence-corrected chi connectivity index (χ1v) is 3.62. The Bertz CT molecular complexity index is 110. The number of carbonyl (C=O) groups is 1. The Morgan fingerprint density at radius 1 is 1.80 bits per heavy atom. The van der Waals surface area contributed by atoms with Gasteiger partial charge in [0.25, 0.3) is 0 Å². The monoisotopic (exact) mass is 143 g/mol. The molecule has 58 valence electrons. The van der Waals surface area contributed by atoms with Gasteiger partial charge in [-0.1, -0.05) is 0 Å². The molecule has 0 aromatic rings. The van der Waals surface area contributed by atoms with E-state index >= 15 is 0 Å². The predicted octanol–water partition coefficient (Wildman–Crippen LogP) is 0.157. The van der Waals surface area contributed by atoms with Gasteiger partial charge in [-0.2, -0.15) is 0 Å². The summed E-state index contributed by atoms with van der Waals surface area (Å²) in [5.41, 5.74) is 0. The lowest BCUT2D eigenvalue weighted by Crippen LogP contribution is -2.32. The molecule has 1 aliphatic heterocycles. The lowest BCUT2D eigenvalue weighted by Gasteiger charge is -2.15. The van der Waals surface area contributed by atoms with Crippen LogP contribution < -0.4 is 5.32 Å². The third-order valence-corrected chi connectivity index (χ3v) is 2.00. The number of amides is 1. The van der Waals surface area contributed by atoms with Crippen molar-refractivity contribution in [1.82, 2.24) is 5.32 Å². The average molecular weight is 143 g/mol. The van der Waals surface area contributed by atoms with Gasteiger partial charge < -0.3 is 10.1 Å². The first kappa shape index (κ1) is 7.54. The van der Waals surface area contributed by atoms with Crippen LogP contribution in [-0.4, -0.2) is 25.7 Å². The Hall–Kier alpha value is -0.570. The van der Waals surface area contributed by atoms with E-state index in [-0.39, 0.29) is 6.04 Å². The second-order valence-corrected chi connectivity index (χ2v) is 2.70. The molecule has 0 aliphatic carbocycles. The molecule has 1 heterocycles. The number of carbonyl (C=O) groups excluding carboxylic acids is 1. The van der Waals surface area contributed by atoms with E-state index in [1.165, 1.54) is 0 Å². The van der Waals surface area contributed by atoms with E-state index in [1.54, 1.807) is 0 Å². The maximum atomic E-state index is 10.0. The highest BCUT2D eigenvalue weighted by molar-refractivity contribution is 5.46. The first-order chi connectivity index (χ1) is 4.84. The molecule has 0 spiro atoms. The highest BCUT2D eigenvalue weighted by atomic mass is 16.5. The Morgan fingerprint density at radius 2 is 2.60 bits per heavy atom. The quantitative estimate of drug-likeness (QED) is 0.571. The van der Waals surface area contributed by atoms with Gasteiger partial charge in [0.2, 0.25) is 6.41 Å². The van der Waals surface area contributed by atoms with Gasteiger partial charge in [-0.3, -0.25) is 4.79 Å². The lowest BCUT2D eigenvalue weighted by atomic mass is 10.0. The molecule has 1 amide bonds. The van der Waals surface area contributed by atoms with Crippen LogP contribution in [0.25, 0.3) is 0 Å². The van der Waals surface area contributed by atoms with Crippen LogP contribution in [0.2, 0.25) is 0 Å². The lowest BCUT2D eigenvalue weighted by molar-refractivity contribution is -0.110. The number of hydrogen-bond acceptors (Lipinski definition) is 2. The Balaban J connectivity index is 2.24. The third-order valence-electron chi connectivity index (χ3n) is 2.00. The van der Waals surface area contributed by atoms with Gasteiger partial charge in [-0.15, -0.1) is 0 Å². The summed E-state index contributed by atoms with van der Waals surface area (Å²) < 4.78 is 5.17. The van der Waals surface area contributed by atoms with Crippen LogP contribution in [0.3, 0.4) is 0 Å². The topological polar surface area (TPSA) is 38.3 Å². The molecule has 3 nitrogen and oxygen atoms in total. The zero-order valence-electron chi connectivity index (χ0n) is 6.17. The van der Waals surface area contributed by atoms with Crippen LogP contribution in [-0.2, 0) is 9.53 Å². The number of nitrogens with one attached hydrogen (secondary N) is 1. The van der Waals surface area contributed by atoms with Crippen molar-refractivity contribution in [1.29, 1.82) is 0 Å². The van der Waals surface area contributed by atoms with Gasteiger partial charge in [0.1, 0.15) is 0 Å². The minimum Gasteiger partial charge on any atom is -0.381 e. The summed E-state index contributed by atoms with van der Waals surface area (Å²) in [6.45, 7) is 3.64. The first-order valence-electron chi connectivity index (χ1n) is 3.62. The fraction of sp³-hybridized carbons (Fsp3) is 0.857. The summed E-state index contributed by atoms with van der Waals surface area (Å²) in [5.74, 6) is 0.519. The molecule has 3 heteroatoms. The minimum atomic E-state index is 0.264. The zero-order valence-corrected chi connectivity index (χ0v) is 6.17. The number of hydrogen-bond donors (Lipinski definition) is 1. The maximum Gasteiger partial charge on any atom is 0.207 e. The molecule has 0 radical (unpaired) electrons. The van der Waals surface area contributed by atoms with Crippen LogP contribution in [0, 0.1) is 5.92 Å². The van der Waals surface area contributed by atoms with E-state index in [0.717, 1.165) is 26.0 Å². The highest BCUT2D eigenvalue weighted by Crippen LogP contribution is 2.15. The smallest absolute Gasteiger partial charge is 0.207 e. The molecule has 2 unspecified atom stereocenters. The Kier molecular flexibility index (Phi) is 2.68. The van der Waals surface area contributed by atoms with Crippen LogP contribution in [0.1, 0.15) is 13.3 Å². The summed E-state index contributed by atoms with van der Waals surface area (Å²) in [4.78, 5) is 10.0. The molecule has 0 aromatic heterocycles. The molecule has 1 rings (SSSR count). The van der Waals surface area contributed by atoms with Crippen LogP contribution in [0.5, 0.6) is 0 Å². The summed E-state index contributed by atoms with van der Waals surface area (Å²) in [6, 6.07) is 0.264. The minimum absolute atomic E-state index is 0.264. The Labute approximate surface area is 60.7 Å². The van der Waals surface area contributed by atoms with E-state index in [2.05, 4.69) is 5.32 Å². The van der Waals surface area contributed by atoms with Gasteiger partial charge in [-0.25, -0.2) is 0 Å². The molecule has 1 aliphatic rings. The van der Waals surface area contributed by atoms with Gasteiger partial charge in [0.05, 0.1) is 6.61 Å². The fourth-order valence-electron chi connectivity index (χ4n) is 1.19. The van der Waals surface area contributed by atoms with Crippen LogP contribution in [0.4, 0.5) is 0 Å². The SMILES string of the molecule is CC(NC=O)C1CCOC1. The van der Waals surface area contributed by atoms with E-state index < -0.39 is 0 Å². The van der Waals surface area contributed by atoms with Gasteiger partial charge >= 0.3 is 0 Å². The van der Waals surface area contributed by atoms with Crippen molar-refractivity contribution >= 4 is 6.41 Å². The Morgan fingerprint density at radius 3 is 3.10 bits per heavy atom. The summed E-state index contributed by atoms with van der Waals surface area (Å²) in [7, 11) is 0. The fourth-order valence-corrected chi connectivity index (χ4v) is 1.19. The van der Waals surface area contributed by atoms with Crippen molar-refractivity contribution in [2.45, 2.75) is 19.4 Å².